The van der Waals surface area contributed by atoms with Crippen LogP contribution in [0.5, 0.6) is 0 Å². The molecular formula is C48H48N2. The molecule has 0 bridgehead atoms. The summed E-state index contributed by atoms with van der Waals surface area (Å²) in [5, 5.41) is 3.70. The summed E-state index contributed by atoms with van der Waals surface area (Å²) in [6, 6.07) is 39.2. The van der Waals surface area contributed by atoms with Crippen molar-refractivity contribution in [2.24, 2.45) is 0 Å². The Hall–Kier alpha value is -5.08. The van der Waals surface area contributed by atoms with Crippen LogP contribution in [0.4, 0.5) is 28.4 Å². The molecule has 250 valence electrons. The fourth-order valence-corrected chi connectivity index (χ4v) is 8.58. The summed E-state index contributed by atoms with van der Waals surface area (Å²) in [6.45, 7) is 22.9. The molecule has 50 heavy (non-hydrogen) atoms. The Balaban J connectivity index is 1.23. The minimum absolute atomic E-state index is 0.149. The topological polar surface area (TPSA) is 15.3 Å². The molecule has 0 atom stereocenters. The minimum atomic E-state index is -0.177. The Morgan fingerprint density at radius 2 is 0.760 bits per heavy atom. The van der Waals surface area contributed by atoms with Gasteiger partial charge in [-0.25, -0.2) is 0 Å². The van der Waals surface area contributed by atoms with Gasteiger partial charge in [-0.2, -0.15) is 0 Å². The molecule has 0 amide bonds. The van der Waals surface area contributed by atoms with Crippen molar-refractivity contribution < 1.29 is 0 Å². The number of hydrogen-bond donors (Lipinski definition) is 1. The zero-order valence-corrected chi connectivity index (χ0v) is 31.3. The summed E-state index contributed by atoms with van der Waals surface area (Å²) < 4.78 is 0. The first-order valence-corrected chi connectivity index (χ1v) is 18.0. The van der Waals surface area contributed by atoms with E-state index in [4.69, 9.17) is 0 Å². The highest BCUT2D eigenvalue weighted by Gasteiger charge is 2.46. The van der Waals surface area contributed by atoms with Crippen molar-refractivity contribution in [3.05, 3.63) is 159 Å². The molecule has 0 saturated heterocycles. The molecule has 2 heteroatoms. The van der Waals surface area contributed by atoms with Gasteiger partial charge in [0.15, 0.2) is 0 Å². The molecule has 0 spiro atoms. The lowest BCUT2D eigenvalue weighted by molar-refractivity contribution is 0.601. The Kier molecular flexibility index (Phi) is 7.21. The van der Waals surface area contributed by atoms with E-state index in [1.54, 1.807) is 0 Å². The van der Waals surface area contributed by atoms with Crippen LogP contribution in [0.3, 0.4) is 0 Å². The lowest BCUT2D eigenvalue weighted by atomic mass is 9.72. The molecule has 0 fully saturated rings. The van der Waals surface area contributed by atoms with Gasteiger partial charge in [0.05, 0.1) is 0 Å². The molecule has 2 aliphatic rings. The van der Waals surface area contributed by atoms with Gasteiger partial charge in [-0.05, 0) is 180 Å². The third-order valence-corrected chi connectivity index (χ3v) is 12.0. The van der Waals surface area contributed by atoms with Crippen LogP contribution in [-0.2, 0) is 10.8 Å². The highest BCUT2D eigenvalue weighted by molar-refractivity contribution is 5.93. The van der Waals surface area contributed by atoms with Crippen molar-refractivity contribution in [2.45, 2.75) is 80.1 Å². The van der Waals surface area contributed by atoms with Crippen LogP contribution in [0, 0.1) is 41.5 Å². The van der Waals surface area contributed by atoms with Crippen LogP contribution in [0.25, 0.3) is 22.3 Å². The molecule has 0 aromatic heterocycles. The number of nitrogens with one attached hydrogen (secondary N) is 1. The molecule has 2 nitrogen and oxygen atoms in total. The molecule has 6 aromatic rings. The summed E-state index contributed by atoms with van der Waals surface area (Å²) in [6.07, 6.45) is 0. The minimum Gasteiger partial charge on any atom is -0.356 e. The fraction of sp³-hybridized carbons (Fsp3) is 0.250. The van der Waals surface area contributed by atoms with Crippen molar-refractivity contribution in [3.63, 3.8) is 0 Å². The van der Waals surface area contributed by atoms with Gasteiger partial charge >= 0.3 is 0 Å². The summed E-state index contributed by atoms with van der Waals surface area (Å²) in [5.74, 6) is 0. The highest BCUT2D eigenvalue weighted by atomic mass is 15.1. The van der Waals surface area contributed by atoms with E-state index in [2.05, 4.69) is 183 Å². The molecule has 0 unspecified atom stereocenters. The van der Waals surface area contributed by atoms with Gasteiger partial charge in [0.2, 0.25) is 0 Å². The number of hydrogen-bond acceptors (Lipinski definition) is 2. The van der Waals surface area contributed by atoms with Crippen molar-refractivity contribution >= 4 is 28.4 Å². The standard InChI is InChI=1S/C48H48N2/c1-28-11-14-34(23-31(28)4)49-35-15-19-39-41-21-22-42-40-20-18-38(27-44(40)48(9,10)46(42)45(41)47(7,8)43(39)26-35)50(36-16-12-29(2)32(5)24-36)37-17-13-30(3)33(6)25-37/h11-27,49H,1-10H3. The third-order valence-electron chi connectivity index (χ3n) is 12.0. The Morgan fingerprint density at radius 3 is 1.28 bits per heavy atom. The van der Waals surface area contributed by atoms with Gasteiger partial charge in [-0.3, -0.25) is 0 Å². The first-order chi connectivity index (χ1) is 23.8. The number of fused-ring (bicyclic) bond motifs is 7. The fourth-order valence-electron chi connectivity index (χ4n) is 8.58. The van der Waals surface area contributed by atoms with Crippen molar-refractivity contribution in [2.75, 3.05) is 10.2 Å². The lowest BCUT2D eigenvalue weighted by Crippen LogP contribution is -2.24. The largest absolute Gasteiger partial charge is 0.356 e. The predicted octanol–water partition coefficient (Wildman–Crippen LogP) is 13.4. The summed E-state index contributed by atoms with van der Waals surface area (Å²) >= 11 is 0. The molecule has 2 aliphatic carbocycles. The summed E-state index contributed by atoms with van der Waals surface area (Å²) in [5.41, 5.74) is 24.5. The maximum Gasteiger partial charge on any atom is 0.0465 e. The van der Waals surface area contributed by atoms with E-state index < -0.39 is 0 Å². The molecule has 8 rings (SSSR count). The van der Waals surface area contributed by atoms with Crippen LogP contribution in [0.1, 0.15) is 83.3 Å². The second-order valence-corrected chi connectivity index (χ2v) is 15.9. The van der Waals surface area contributed by atoms with E-state index in [1.807, 2.05) is 0 Å². The lowest BCUT2D eigenvalue weighted by Gasteiger charge is -2.32. The predicted molar refractivity (Wildman–Crippen MR) is 214 cm³/mol. The van der Waals surface area contributed by atoms with E-state index in [-0.39, 0.29) is 10.8 Å². The molecular weight excluding hydrogens is 605 g/mol. The van der Waals surface area contributed by atoms with Crippen LogP contribution >= 0.6 is 0 Å². The van der Waals surface area contributed by atoms with Crippen molar-refractivity contribution in [1.82, 2.24) is 0 Å². The zero-order valence-electron chi connectivity index (χ0n) is 31.3. The molecule has 1 N–H and O–H groups in total. The summed E-state index contributed by atoms with van der Waals surface area (Å²) in [4.78, 5) is 2.44. The van der Waals surface area contributed by atoms with Gasteiger partial charge in [0.1, 0.15) is 0 Å². The van der Waals surface area contributed by atoms with Crippen molar-refractivity contribution in [1.29, 1.82) is 0 Å². The normalized spacial score (nSPS) is 14.5. The average Bonchev–Trinajstić information content (AvgIpc) is 3.45. The molecule has 0 heterocycles. The Bertz CT molecular complexity index is 2320. The Morgan fingerprint density at radius 1 is 0.380 bits per heavy atom. The summed E-state index contributed by atoms with van der Waals surface area (Å²) in [7, 11) is 0. The highest BCUT2D eigenvalue weighted by Crippen LogP contribution is 2.60. The second kappa shape index (κ2) is 11.2. The van der Waals surface area contributed by atoms with Crippen molar-refractivity contribution in [3.8, 4) is 22.3 Å². The van der Waals surface area contributed by atoms with Gasteiger partial charge in [-0.1, -0.05) is 70.2 Å². The number of rotatable bonds is 5. The maximum atomic E-state index is 3.70. The molecule has 0 radical (unpaired) electrons. The smallest absolute Gasteiger partial charge is 0.0465 e. The number of aryl methyl sites for hydroxylation is 6. The first-order valence-electron chi connectivity index (χ1n) is 18.0. The van der Waals surface area contributed by atoms with E-state index in [1.165, 1.54) is 95.0 Å². The zero-order chi connectivity index (χ0) is 35.3. The van der Waals surface area contributed by atoms with E-state index in [0.29, 0.717) is 0 Å². The number of benzene rings is 6. The molecule has 0 saturated carbocycles. The van der Waals surface area contributed by atoms with Crippen LogP contribution < -0.4 is 10.2 Å². The number of nitrogens with zero attached hydrogens (tertiary/aromatic N) is 1. The third kappa shape index (κ3) is 4.83. The SMILES string of the molecule is Cc1ccc(Nc2ccc3c(c2)C(C)(C)c2c-3ccc3c2C(C)(C)c2cc(N(c4ccc(C)c(C)c4)c4ccc(C)c(C)c4)ccc2-3)cc1C. The monoisotopic (exact) mass is 652 g/mol. The van der Waals surface area contributed by atoms with E-state index in [0.717, 1.165) is 11.4 Å². The quantitative estimate of drug-likeness (QED) is 0.199. The van der Waals surface area contributed by atoms with Crippen LogP contribution in [-0.4, -0.2) is 0 Å². The van der Waals surface area contributed by atoms with Gasteiger partial charge < -0.3 is 10.2 Å². The first kappa shape index (κ1) is 32.1. The average molecular weight is 653 g/mol. The van der Waals surface area contributed by atoms with Gasteiger partial charge in [0, 0.05) is 39.3 Å². The second-order valence-electron chi connectivity index (χ2n) is 15.9. The number of anilines is 5. The Labute approximate surface area is 298 Å². The van der Waals surface area contributed by atoms with E-state index in [9.17, 15) is 0 Å². The van der Waals surface area contributed by atoms with Gasteiger partial charge in [-0.15, -0.1) is 0 Å². The molecule has 0 aliphatic heterocycles. The maximum absolute atomic E-state index is 3.70. The van der Waals surface area contributed by atoms with E-state index >= 15 is 0 Å². The molecule has 6 aromatic carbocycles. The van der Waals surface area contributed by atoms with Crippen LogP contribution in [0.15, 0.2) is 103 Å². The van der Waals surface area contributed by atoms with Crippen LogP contribution in [0.2, 0.25) is 0 Å². The van der Waals surface area contributed by atoms with Gasteiger partial charge in [0.25, 0.3) is 0 Å².